The SMILES string of the molecule is CC(=O)Oc1c(F)cc(CNCN)cc1F.CCCCNc1nc(NCc2cccc(F)c2)nc(NC(C)C)n1.CCCCO.S. The smallest absolute Gasteiger partial charge is 0.308 e. The molecule has 0 bridgehead atoms. The lowest BCUT2D eigenvalue weighted by Gasteiger charge is -2.12. The topological polar surface area (TPSA) is 159 Å². The zero-order valence-electron chi connectivity index (χ0n) is 27.2. The van der Waals surface area contributed by atoms with E-state index < -0.39 is 23.4 Å². The highest BCUT2D eigenvalue weighted by molar-refractivity contribution is 7.59. The third-order valence-corrected chi connectivity index (χ3v) is 5.50. The minimum Gasteiger partial charge on any atom is -0.420 e. The first-order valence-electron chi connectivity index (χ1n) is 15.0. The fraction of sp³-hybridized carbons (Fsp3) is 0.484. The number of anilines is 3. The van der Waals surface area contributed by atoms with Crippen LogP contribution in [-0.4, -0.2) is 51.9 Å². The van der Waals surface area contributed by atoms with Crippen molar-refractivity contribution >= 4 is 37.3 Å². The highest BCUT2D eigenvalue weighted by Crippen LogP contribution is 2.23. The Morgan fingerprint density at radius 1 is 0.913 bits per heavy atom. The molecule has 1 heterocycles. The summed E-state index contributed by atoms with van der Waals surface area (Å²) in [4.78, 5) is 23.7. The number of nitrogens with two attached hydrogens (primary N) is 1. The van der Waals surface area contributed by atoms with E-state index in [4.69, 9.17) is 10.8 Å². The summed E-state index contributed by atoms with van der Waals surface area (Å²) >= 11 is 0. The van der Waals surface area contributed by atoms with E-state index in [0.717, 1.165) is 56.8 Å². The second kappa shape index (κ2) is 24.6. The molecule has 0 spiro atoms. The van der Waals surface area contributed by atoms with Gasteiger partial charge in [0.2, 0.25) is 23.6 Å². The highest BCUT2D eigenvalue weighted by atomic mass is 32.1. The van der Waals surface area contributed by atoms with Gasteiger partial charge in [-0.2, -0.15) is 28.4 Å². The first-order chi connectivity index (χ1) is 21.5. The lowest BCUT2D eigenvalue weighted by atomic mass is 10.2. The fourth-order valence-corrected chi connectivity index (χ4v) is 3.39. The number of aromatic nitrogens is 3. The minimum absolute atomic E-state index is 0. The summed E-state index contributed by atoms with van der Waals surface area (Å²) in [6.45, 7) is 11.3. The number of esters is 1. The number of halogens is 3. The van der Waals surface area contributed by atoms with Gasteiger partial charge in [0.25, 0.3) is 0 Å². The molecule has 3 rings (SSSR count). The lowest BCUT2D eigenvalue weighted by molar-refractivity contribution is -0.132. The summed E-state index contributed by atoms with van der Waals surface area (Å²) in [5.74, 6) is -2.03. The maximum absolute atomic E-state index is 13.3. The lowest BCUT2D eigenvalue weighted by Crippen LogP contribution is -2.21. The van der Waals surface area contributed by atoms with Crippen molar-refractivity contribution in [1.82, 2.24) is 20.3 Å². The van der Waals surface area contributed by atoms with Gasteiger partial charge in [0.15, 0.2) is 11.6 Å². The van der Waals surface area contributed by atoms with Crippen molar-refractivity contribution in [2.45, 2.75) is 79.4 Å². The van der Waals surface area contributed by atoms with Gasteiger partial charge in [0.05, 0.1) is 0 Å². The van der Waals surface area contributed by atoms with E-state index in [1.807, 2.05) is 19.9 Å². The van der Waals surface area contributed by atoms with Crippen molar-refractivity contribution in [2.24, 2.45) is 5.73 Å². The summed E-state index contributed by atoms with van der Waals surface area (Å²) in [7, 11) is 0. The predicted octanol–water partition coefficient (Wildman–Crippen LogP) is 5.44. The fourth-order valence-electron chi connectivity index (χ4n) is 3.39. The molecule has 0 aliphatic heterocycles. The Labute approximate surface area is 276 Å². The molecule has 0 atom stereocenters. The predicted molar refractivity (Wildman–Crippen MR) is 182 cm³/mol. The van der Waals surface area contributed by atoms with Gasteiger partial charge in [-0.05, 0) is 62.1 Å². The van der Waals surface area contributed by atoms with Gasteiger partial charge < -0.3 is 36.8 Å². The van der Waals surface area contributed by atoms with Gasteiger partial charge in [-0.3, -0.25) is 4.79 Å². The first kappa shape index (κ1) is 42.3. The van der Waals surface area contributed by atoms with Crippen LogP contribution in [0.5, 0.6) is 5.75 Å². The number of carbonyl (C=O) groups excluding carboxylic acids is 1. The molecular formula is C31H49F3N8O3S. The normalized spacial score (nSPS) is 10.1. The number of carbonyl (C=O) groups is 1. The summed E-state index contributed by atoms with van der Waals surface area (Å²) in [6, 6.07) is 8.84. The number of nitrogens with one attached hydrogen (secondary N) is 4. The Morgan fingerprint density at radius 2 is 1.52 bits per heavy atom. The van der Waals surface area contributed by atoms with Crippen molar-refractivity contribution < 1.29 is 27.8 Å². The summed E-state index contributed by atoms with van der Waals surface area (Å²) < 4.78 is 44.3. The Hall–Kier alpha value is -3.66. The average Bonchev–Trinajstić information content (AvgIpc) is 2.98. The van der Waals surface area contributed by atoms with Gasteiger partial charge >= 0.3 is 5.97 Å². The maximum Gasteiger partial charge on any atom is 0.308 e. The Morgan fingerprint density at radius 3 is 2.02 bits per heavy atom. The summed E-state index contributed by atoms with van der Waals surface area (Å²) in [5, 5.41) is 20.3. The maximum atomic E-state index is 13.3. The molecule has 11 nitrogen and oxygen atoms in total. The van der Waals surface area contributed by atoms with Crippen LogP contribution in [0.3, 0.4) is 0 Å². The molecule has 0 aliphatic carbocycles. The standard InChI is InChI=1S/C17H25FN6.C10H12F2N2O2.C4H10O.H2S/c1-4-5-9-19-15-22-16(24-17(23-15)21-12(2)3)20-11-13-7-6-8-14(18)10-13;1-6(15)16-10-8(11)2-7(3-9(10)12)4-14-5-13;1-2-3-4-5;/h6-8,10,12H,4-5,9,11H2,1-3H3,(H3,19,20,21,22,23,24);2-3,14H,4-5,13H2,1H3;5H,2-4H2,1H3;1H2. The number of hydrogen-bond acceptors (Lipinski definition) is 11. The van der Waals surface area contributed by atoms with E-state index >= 15 is 0 Å². The van der Waals surface area contributed by atoms with Crippen LogP contribution < -0.4 is 31.7 Å². The first-order valence-corrected chi connectivity index (χ1v) is 15.0. The number of aliphatic hydroxyl groups is 1. The van der Waals surface area contributed by atoms with Crippen LogP contribution in [0.4, 0.5) is 31.0 Å². The Balaban J connectivity index is 0.000000795. The quantitative estimate of drug-likeness (QED) is 0.0529. The van der Waals surface area contributed by atoms with Crippen LogP contribution in [0.25, 0.3) is 0 Å². The zero-order chi connectivity index (χ0) is 33.6. The molecule has 0 aliphatic rings. The van der Waals surface area contributed by atoms with Gasteiger partial charge in [-0.1, -0.05) is 38.8 Å². The monoisotopic (exact) mass is 670 g/mol. The molecule has 2 aromatic carbocycles. The molecule has 0 amide bonds. The van der Waals surface area contributed by atoms with E-state index in [1.54, 1.807) is 6.07 Å². The van der Waals surface area contributed by atoms with Crippen LogP contribution in [0.15, 0.2) is 36.4 Å². The number of hydrogen-bond donors (Lipinski definition) is 6. The molecule has 3 aromatic rings. The molecule has 46 heavy (non-hydrogen) atoms. The van der Waals surface area contributed by atoms with Crippen LogP contribution in [0, 0.1) is 17.5 Å². The van der Waals surface area contributed by atoms with E-state index in [1.165, 1.54) is 12.1 Å². The number of aliphatic hydroxyl groups excluding tert-OH is 1. The number of benzene rings is 2. The average molecular weight is 671 g/mol. The van der Waals surface area contributed by atoms with Crippen molar-refractivity contribution in [1.29, 1.82) is 0 Å². The van der Waals surface area contributed by atoms with Gasteiger partial charge in [0, 0.05) is 45.9 Å². The summed E-state index contributed by atoms with van der Waals surface area (Å²) in [6.07, 6.45) is 4.18. The molecule has 15 heteroatoms. The van der Waals surface area contributed by atoms with Crippen LogP contribution in [0.2, 0.25) is 0 Å². The molecular weight excluding hydrogens is 621 g/mol. The van der Waals surface area contributed by atoms with E-state index in [2.05, 4.69) is 54.8 Å². The van der Waals surface area contributed by atoms with Crippen molar-refractivity contribution in [3.63, 3.8) is 0 Å². The third-order valence-electron chi connectivity index (χ3n) is 5.50. The van der Waals surface area contributed by atoms with E-state index in [-0.39, 0.29) is 38.6 Å². The molecule has 258 valence electrons. The van der Waals surface area contributed by atoms with Gasteiger partial charge in [-0.15, -0.1) is 0 Å². The third kappa shape index (κ3) is 18.3. The zero-order valence-corrected chi connectivity index (χ0v) is 28.2. The second-order valence-corrected chi connectivity index (χ2v) is 10.1. The van der Waals surface area contributed by atoms with Crippen molar-refractivity contribution in [3.05, 3.63) is 65.0 Å². The molecule has 0 saturated heterocycles. The van der Waals surface area contributed by atoms with Crippen LogP contribution in [-0.2, 0) is 17.9 Å². The number of unbranched alkanes of at least 4 members (excludes halogenated alkanes) is 2. The van der Waals surface area contributed by atoms with E-state index in [9.17, 15) is 18.0 Å². The number of ether oxygens (including phenoxy) is 1. The molecule has 0 fully saturated rings. The Kier molecular flexibility index (Phi) is 22.6. The van der Waals surface area contributed by atoms with Crippen LogP contribution >= 0.6 is 13.5 Å². The minimum atomic E-state index is -0.913. The summed E-state index contributed by atoms with van der Waals surface area (Å²) in [5.41, 5.74) is 6.39. The second-order valence-electron chi connectivity index (χ2n) is 10.1. The van der Waals surface area contributed by atoms with Crippen molar-refractivity contribution in [2.75, 3.05) is 35.8 Å². The number of nitrogens with zero attached hydrogens (tertiary/aromatic N) is 3. The Bertz CT molecular complexity index is 1270. The highest BCUT2D eigenvalue weighted by Gasteiger charge is 2.14. The largest absolute Gasteiger partial charge is 0.420 e. The molecule has 1 aromatic heterocycles. The molecule has 0 unspecified atom stereocenters. The number of rotatable bonds is 15. The van der Waals surface area contributed by atoms with Gasteiger partial charge in [0.1, 0.15) is 5.82 Å². The van der Waals surface area contributed by atoms with Crippen LogP contribution in [0.1, 0.15) is 71.4 Å². The molecule has 0 saturated carbocycles. The molecule has 7 N–H and O–H groups in total. The van der Waals surface area contributed by atoms with Gasteiger partial charge in [-0.25, -0.2) is 13.2 Å². The van der Waals surface area contributed by atoms with Crippen molar-refractivity contribution in [3.8, 4) is 5.75 Å². The van der Waals surface area contributed by atoms with E-state index in [0.29, 0.717) is 36.6 Å². The molecule has 0 radical (unpaired) electrons.